The molecule has 0 unspecified atom stereocenters. The molecule has 5 rings (SSSR count). The van der Waals surface area contributed by atoms with E-state index >= 15 is 0 Å². The van der Waals surface area contributed by atoms with E-state index in [0.717, 1.165) is 37.0 Å². The third kappa shape index (κ3) is 2.88. The molecule has 2 atom stereocenters. The highest BCUT2D eigenvalue weighted by atomic mass is 35.5. The van der Waals surface area contributed by atoms with Crippen LogP contribution in [0.4, 0.5) is 11.6 Å². The van der Waals surface area contributed by atoms with Crippen molar-refractivity contribution in [2.45, 2.75) is 38.6 Å². The Balaban J connectivity index is 1.69. The van der Waals surface area contributed by atoms with Gasteiger partial charge >= 0.3 is 5.97 Å². The molecule has 2 aromatic heterocycles. The summed E-state index contributed by atoms with van der Waals surface area (Å²) < 4.78 is 7.12. The average molecular weight is 378 g/mol. The van der Waals surface area contributed by atoms with Crippen molar-refractivity contribution in [3.8, 4) is 0 Å². The fourth-order valence-corrected chi connectivity index (χ4v) is 4.82. The Kier molecular flexibility index (Phi) is 4.65. The number of rotatable bonds is 5. The van der Waals surface area contributed by atoms with Crippen molar-refractivity contribution in [3.63, 3.8) is 0 Å². The van der Waals surface area contributed by atoms with Crippen molar-refractivity contribution >= 4 is 34.7 Å². The molecule has 0 radical (unpaired) electrons. The van der Waals surface area contributed by atoms with Crippen LogP contribution in [0.3, 0.4) is 0 Å². The van der Waals surface area contributed by atoms with E-state index in [-0.39, 0.29) is 23.2 Å². The van der Waals surface area contributed by atoms with E-state index < -0.39 is 0 Å². The van der Waals surface area contributed by atoms with Crippen LogP contribution in [0.15, 0.2) is 12.1 Å². The Labute approximate surface area is 157 Å². The number of carbonyl (C=O) groups excluding carboxylic acids is 1. The summed E-state index contributed by atoms with van der Waals surface area (Å²) in [6.45, 7) is 2.27. The van der Waals surface area contributed by atoms with Crippen LogP contribution >= 0.6 is 11.6 Å². The number of carbonyl (C=O) groups is 1. The minimum Gasteiger partial charge on any atom is -0.466 e. The quantitative estimate of drug-likeness (QED) is 0.779. The third-order valence-corrected chi connectivity index (χ3v) is 5.98. The highest BCUT2D eigenvalue weighted by Gasteiger charge is 2.48. The van der Waals surface area contributed by atoms with Crippen LogP contribution < -0.4 is 10.6 Å². The van der Waals surface area contributed by atoms with Gasteiger partial charge in [-0.1, -0.05) is 0 Å². The van der Waals surface area contributed by atoms with Gasteiger partial charge in [0.1, 0.15) is 11.3 Å². The molecule has 2 aromatic rings. The Bertz CT molecular complexity index is 815. The van der Waals surface area contributed by atoms with Crippen molar-refractivity contribution in [1.29, 1.82) is 0 Å². The molecule has 3 saturated carbocycles. The lowest BCUT2D eigenvalue weighted by atomic mass is 9.61. The first-order chi connectivity index (χ1) is 12.6. The molecule has 8 heteroatoms. The molecule has 26 heavy (non-hydrogen) atoms. The highest BCUT2D eigenvalue weighted by molar-refractivity contribution is 6.28. The van der Waals surface area contributed by atoms with E-state index in [0.29, 0.717) is 24.3 Å². The second kappa shape index (κ2) is 6.95. The summed E-state index contributed by atoms with van der Waals surface area (Å²) in [5, 5.41) is 11.1. The van der Waals surface area contributed by atoms with Gasteiger partial charge in [-0.15, -0.1) is 5.10 Å². The predicted molar refractivity (Wildman–Crippen MR) is 101 cm³/mol. The zero-order chi connectivity index (χ0) is 18.3. The van der Waals surface area contributed by atoms with Gasteiger partial charge < -0.3 is 15.4 Å². The minimum absolute atomic E-state index is 0.0178. The lowest BCUT2D eigenvalue weighted by molar-refractivity contribution is -0.154. The number of nitrogens with zero attached hydrogens (tertiary/aromatic N) is 3. The first-order valence-electron chi connectivity index (χ1n) is 9.28. The molecule has 3 fully saturated rings. The molecular weight excluding hydrogens is 354 g/mol. The predicted octanol–water partition coefficient (Wildman–Crippen LogP) is 3.20. The van der Waals surface area contributed by atoms with Crippen LogP contribution in [0, 0.1) is 17.8 Å². The number of hydrogen-bond acceptors (Lipinski definition) is 6. The largest absolute Gasteiger partial charge is 0.466 e. The molecule has 0 aromatic carbocycles. The Hall–Kier alpha value is -2.02. The van der Waals surface area contributed by atoms with Crippen molar-refractivity contribution in [3.05, 3.63) is 17.4 Å². The van der Waals surface area contributed by atoms with E-state index in [1.54, 1.807) is 4.52 Å². The van der Waals surface area contributed by atoms with Gasteiger partial charge in [0.05, 0.1) is 12.5 Å². The van der Waals surface area contributed by atoms with Gasteiger partial charge in [-0.2, -0.15) is 4.98 Å². The number of ether oxygens (including phenoxy) is 1. The molecule has 3 aliphatic carbocycles. The molecule has 7 nitrogen and oxygen atoms in total. The Morgan fingerprint density at radius 2 is 2.04 bits per heavy atom. The van der Waals surface area contributed by atoms with Crippen molar-refractivity contribution in [1.82, 2.24) is 14.6 Å². The molecule has 2 bridgehead atoms. The summed E-state index contributed by atoms with van der Waals surface area (Å²) in [5.41, 5.74) is 0.836. The van der Waals surface area contributed by atoms with Gasteiger partial charge in [-0.3, -0.25) is 4.79 Å². The maximum absolute atomic E-state index is 12.6. The number of halogens is 1. The molecule has 3 aliphatic rings. The standard InChI is InChI=1S/C18H24ClN5O2/c1-3-26-17(25)14-10-4-6-11(7-5-10)15(14)21-16-12-8-9-13(20-2)24(12)23-18(19)22-16/h8-11,14-15,20H,3-7H2,1-2H3,(H,21,22,23)/t10-,11+,14-,15-/m0/s1. The first kappa shape index (κ1) is 17.4. The van der Waals surface area contributed by atoms with Crippen molar-refractivity contribution in [2.24, 2.45) is 17.8 Å². The number of anilines is 2. The molecule has 140 valence electrons. The van der Waals surface area contributed by atoms with Crippen LogP contribution in [0.25, 0.3) is 5.52 Å². The van der Waals surface area contributed by atoms with E-state index in [9.17, 15) is 4.79 Å². The summed E-state index contributed by atoms with van der Waals surface area (Å²) in [6.07, 6.45) is 4.47. The second-order valence-electron chi connectivity index (χ2n) is 7.12. The average Bonchev–Trinajstić information content (AvgIpc) is 3.05. The number of hydrogen-bond donors (Lipinski definition) is 2. The van der Waals surface area contributed by atoms with Gasteiger partial charge in [0, 0.05) is 13.1 Å². The van der Waals surface area contributed by atoms with Crippen LogP contribution in [-0.4, -0.2) is 40.3 Å². The van der Waals surface area contributed by atoms with E-state index in [2.05, 4.69) is 20.7 Å². The zero-order valence-corrected chi connectivity index (χ0v) is 15.8. The normalized spacial score (nSPS) is 27.5. The van der Waals surface area contributed by atoms with Gasteiger partial charge in [-0.05, 0) is 68.2 Å². The van der Waals surface area contributed by atoms with Gasteiger partial charge in [0.25, 0.3) is 0 Å². The number of esters is 1. The Morgan fingerprint density at radius 1 is 1.31 bits per heavy atom. The van der Waals surface area contributed by atoms with Crippen LogP contribution in [-0.2, 0) is 9.53 Å². The summed E-state index contributed by atoms with van der Waals surface area (Å²) >= 11 is 6.15. The lowest BCUT2D eigenvalue weighted by Crippen LogP contribution is -2.52. The summed E-state index contributed by atoms with van der Waals surface area (Å²) in [7, 11) is 1.84. The molecular formula is C18H24ClN5O2. The van der Waals surface area contributed by atoms with Crippen molar-refractivity contribution < 1.29 is 9.53 Å². The molecule has 0 aliphatic heterocycles. The topological polar surface area (TPSA) is 80.5 Å². The zero-order valence-electron chi connectivity index (χ0n) is 15.0. The van der Waals surface area contributed by atoms with E-state index in [1.165, 1.54) is 0 Å². The van der Waals surface area contributed by atoms with E-state index in [1.807, 2.05) is 26.1 Å². The summed E-state index contributed by atoms with van der Waals surface area (Å²) in [5.74, 6) is 2.10. The fraction of sp³-hybridized carbons (Fsp3) is 0.611. The lowest BCUT2D eigenvalue weighted by Gasteiger charge is -2.47. The first-order valence-corrected chi connectivity index (χ1v) is 9.66. The monoisotopic (exact) mass is 377 g/mol. The molecule has 0 saturated heterocycles. The minimum atomic E-state index is -0.130. The van der Waals surface area contributed by atoms with Gasteiger partial charge in [-0.25, -0.2) is 4.52 Å². The van der Waals surface area contributed by atoms with Crippen LogP contribution in [0.2, 0.25) is 5.28 Å². The molecule has 2 heterocycles. The smallest absolute Gasteiger partial charge is 0.311 e. The molecule has 2 N–H and O–H groups in total. The Morgan fingerprint density at radius 3 is 2.73 bits per heavy atom. The van der Waals surface area contributed by atoms with Crippen LogP contribution in [0.5, 0.6) is 0 Å². The maximum Gasteiger partial charge on any atom is 0.311 e. The fourth-order valence-electron chi connectivity index (χ4n) is 4.66. The summed E-state index contributed by atoms with van der Waals surface area (Å²) in [4.78, 5) is 17.0. The number of aromatic nitrogens is 3. The number of fused-ring (bicyclic) bond motifs is 4. The highest BCUT2D eigenvalue weighted by Crippen LogP contribution is 2.47. The second-order valence-corrected chi connectivity index (χ2v) is 7.46. The van der Waals surface area contributed by atoms with Crippen LogP contribution in [0.1, 0.15) is 32.6 Å². The SMILES string of the molecule is CCOC(=O)[C@H]1[C@H]2CC[C@H](CC2)[C@@H]1Nc1nc(Cl)nn2c(NC)ccc12. The summed E-state index contributed by atoms with van der Waals surface area (Å²) in [6, 6.07) is 3.90. The maximum atomic E-state index is 12.6. The van der Waals surface area contributed by atoms with Gasteiger partial charge in [0.15, 0.2) is 5.82 Å². The van der Waals surface area contributed by atoms with Crippen molar-refractivity contribution in [2.75, 3.05) is 24.3 Å². The third-order valence-electron chi connectivity index (χ3n) is 5.82. The molecule has 0 amide bonds. The molecule has 0 spiro atoms. The number of nitrogens with one attached hydrogen (secondary N) is 2. The van der Waals surface area contributed by atoms with Gasteiger partial charge in [0.2, 0.25) is 5.28 Å². The van der Waals surface area contributed by atoms with E-state index in [4.69, 9.17) is 16.3 Å².